The summed E-state index contributed by atoms with van der Waals surface area (Å²) in [4.78, 5) is 9.53. The van der Waals surface area contributed by atoms with Crippen LogP contribution in [0.5, 0.6) is 0 Å². The normalized spacial score (nSPS) is 24.7. The minimum absolute atomic E-state index is 0.0486. The number of aliphatic hydroxyl groups excluding tert-OH is 1. The number of likely N-dealkylation sites (N-methyl/N-ethyl adjacent to an activating group) is 1. The van der Waals surface area contributed by atoms with Crippen molar-refractivity contribution < 1.29 is 9.50 Å². The van der Waals surface area contributed by atoms with E-state index in [1.165, 1.54) is 6.33 Å². The van der Waals surface area contributed by atoms with Crippen molar-refractivity contribution >= 4 is 5.82 Å². The standard InChI is InChI=1S/C12H18FN3O/c1-8-11(13)12(15-7-14-8)16(2)9-5-3-4-6-10(9)17/h7,9-10,17H,3-6H2,1-2H3. The molecule has 1 aliphatic carbocycles. The Labute approximate surface area is 101 Å². The summed E-state index contributed by atoms with van der Waals surface area (Å²) in [5, 5.41) is 9.95. The molecule has 0 aliphatic heterocycles. The van der Waals surface area contributed by atoms with Gasteiger partial charge in [0.25, 0.3) is 0 Å². The Bertz CT molecular complexity index is 399. The largest absolute Gasteiger partial charge is 0.391 e. The van der Waals surface area contributed by atoms with Gasteiger partial charge in [0.1, 0.15) is 6.33 Å². The molecule has 1 fully saturated rings. The van der Waals surface area contributed by atoms with Crippen LogP contribution in [-0.2, 0) is 0 Å². The first kappa shape index (κ1) is 12.2. The lowest BCUT2D eigenvalue weighted by molar-refractivity contribution is 0.105. The Balaban J connectivity index is 2.23. The topological polar surface area (TPSA) is 49.2 Å². The quantitative estimate of drug-likeness (QED) is 0.852. The second kappa shape index (κ2) is 4.96. The van der Waals surface area contributed by atoms with E-state index in [1.54, 1.807) is 18.9 Å². The first-order valence-corrected chi connectivity index (χ1v) is 5.99. The minimum atomic E-state index is -0.400. The smallest absolute Gasteiger partial charge is 0.186 e. The Morgan fingerprint density at radius 3 is 2.76 bits per heavy atom. The maximum Gasteiger partial charge on any atom is 0.186 e. The van der Waals surface area contributed by atoms with Crippen LogP contribution in [0, 0.1) is 12.7 Å². The van der Waals surface area contributed by atoms with Crippen molar-refractivity contribution in [3.05, 3.63) is 17.8 Å². The molecule has 0 saturated heterocycles. The second-order valence-corrected chi connectivity index (χ2v) is 4.63. The maximum absolute atomic E-state index is 13.9. The van der Waals surface area contributed by atoms with Crippen molar-refractivity contribution in [3.8, 4) is 0 Å². The van der Waals surface area contributed by atoms with E-state index in [4.69, 9.17) is 0 Å². The van der Waals surface area contributed by atoms with Crippen LogP contribution in [0.1, 0.15) is 31.4 Å². The zero-order valence-electron chi connectivity index (χ0n) is 10.2. The van der Waals surface area contributed by atoms with Gasteiger partial charge in [0.05, 0.1) is 17.8 Å². The molecule has 4 nitrogen and oxygen atoms in total. The molecular weight excluding hydrogens is 221 g/mol. The maximum atomic E-state index is 13.9. The molecule has 1 N–H and O–H groups in total. The van der Waals surface area contributed by atoms with Gasteiger partial charge in [-0.25, -0.2) is 14.4 Å². The Morgan fingerprint density at radius 1 is 1.35 bits per heavy atom. The molecule has 2 unspecified atom stereocenters. The van der Waals surface area contributed by atoms with Crippen LogP contribution in [-0.4, -0.2) is 34.3 Å². The van der Waals surface area contributed by atoms with Crippen LogP contribution in [0.4, 0.5) is 10.2 Å². The van der Waals surface area contributed by atoms with E-state index >= 15 is 0 Å². The highest BCUT2D eigenvalue weighted by molar-refractivity contribution is 5.41. The molecule has 0 spiro atoms. The Hall–Kier alpha value is -1.23. The predicted molar refractivity (Wildman–Crippen MR) is 63.4 cm³/mol. The molecule has 94 valence electrons. The molecule has 5 heteroatoms. The molecule has 0 amide bonds. The zero-order chi connectivity index (χ0) is 12.4. The number of rotatable bonds is 2. The van der Waals surface area contributed by atoms with E-state index in [-0.39, 0.29) is 11.9 Å². The van der Waals surface area contributed by atoms with Crippen molar-refractivity contribution in [3.63, 3.8) is 0 Å². The van der Waals surface area contributed by atoms with Gasteiger partial charge in [0, 0.05) is 7.05 Å². The molecule has 1 aromatic rings. The van der Waals surface area contributed by atoms with E-state index in [0.717, 1.165) is 25.7 Å². The van der Waals surface area contributed by atoms with Crippen molar-refractivity contribution in [1.82, 2.24) is 9.97 Å². The van der Waals surface area contributed by atoms with Crippen LogP contribution in [0.2, 0.25) is 0 Å². The summed E-state index contributed by atoms with van der Waals surface area (Å²) in [5.74, 6) is -0.115. The highest BCUT2D eigenvalue weighted by Gasteiger charge is 2.29. The zero-order valence-corrected chi connectivity index (χ0v) is 10.2. The van der Waals surface area contributed by atoms with Crippen molar-refractivity contribution in [1.29, 1.82) is 0 Å². The molecule has 1 heterocycles. The summed E-state index contributed by atoms with van der Waals surface area (Å²) in [5.41, 5.74) is 0.340. The number of aromatic nitrogens is 2. The molecule has 1 aliphatic rings. The predicted octanol–water partition coefficient (Wildman–Crippen LogP) is 1.66. The number of halogens is 1. The first-order chi connectivity index (χ1) is 8.11. The van der Waals surface area contributed by atoms with Gasteiger partial charge >= 0.3 is 0 Å². The van der Waals surface area contributed by atoms with Crippen molar-refractivity contribution in [2.45, 2.75) is 44.8 Å². The Morgan fingerprint density at radius 2 is 2.06 bits per heavy atom. The van der Waals surface area contributed by atoms with Gasteiger partial charge in [-0.1, -0.05) is 12.8 Å². The van der Waals surface area contributed by atoms with E-state index in [1.807, 2.05) is 0 Å². The number of anilines is 1. The molecule has 2 atom stereocenters. The van der Waals surface area contributed by atoms with Crippen LogP contribution < -0.4 is 4.90 Å². The molecule has 1 saturated carbocycles. The molecule has 1 aromatic heterocycles. The van der Waals surface area contributed by atoms with Crippen molar-refractivity contribution in [2.24, 2.45) is 0 Å². The van der Waals surface area contributed by atoms with E-state index in [0.29, 0.717) is 5.69 Å². The minimum Gasteiger partial charge on any atom is -0.391 e. The molecule has 0 radical (unpaired) electrons. The summed E-state index contributed by atoms with van der Waals surface area (Å²) >= 11 is 0. The molecule has 0 aromatic carbocycles. The SMILES string of the molecule is Cc1ncnc(N(C)C2CCCCC2O)c1F. The number of hydrogen-bond acceptors (Lipinski definition) is 4. The summed E-state index contributed by atoms with van der Waals surface area (Å²) in [6, 6.07) is -0.0486. The molecule has 17 heavy (non-hydrogen) atoms. The third-order valence-corrected chi connectivity index (χ3v) is 3.47. The summed E-state index contributed by atoms with van der Waals surface area (Å²) in [6.07, 6.45) is 4.72. The third kappa shape index (κ3) is 2.39. The van der Waals surface area contributed by atoms with Gasteiger partial charge in [-0.3, -0.25) is 0 Å². The monoisotopic (exact) mass is 239 g/mol. The fourth-order valence-corrected chi connectivity index (χ4v) is 2.39. The highest BCUT2D eigenvalue weighted by atomic mass is 19.1. The lowest BCUT2D eigenvalue weighted by Crippen LogP contribution is -2.44. The van der Waals surface area contributed by atoms with Gasteiger partial charge in [0.2, 0.25) is 0 Å². The van der Waals surface area contributed by atoms with Crippen LogP contribution >= 0.6 is 0 Å². The number of hydrogen-bond donors (Lipinski definition) is 1. The van der Waals surface area contributed by atoms with Crippen LogP contribution in [0.15, 0.2) is 6.33 Å². The summed E-state index contributed by atoms with van der Waals surface area (Å²) in [7, 11) is 1.78. The summed E-state index contributed by atoms with van der Waals surface area (Å²) in [6.45, 7) is 1.62. The average Bonchev–Trinajstić information content (AvgIpc) is 2.32. The third-order valence-electron chi connectivity index (χ3n) is 3.47. The van der Waals surface area contributed by atoms with E-state index in [2.05, 4.69) is 9.97 Å². The molecular formula is C12H18FN3O. The van der Waals surface area contributed by atoms with Gasteiger partial charge in [-0.05, 0) is 19.8 Å². The van der Waals surface area contributed by atoms with E-state index < -0.39 is 11.9 Å². The number of aryl methyl sites for hydroxylation is 1. The highest BCUT2D eigenvalue weighted by Crippen LogP contribution is 2.27. The average molecular weight is 239 g/mol. The lowest BCUT2D eigenvalue weighted by Gasteiger charge is -2.35. The van der Waals surface area contributed by atoms with Gasteiger partial charge in [-0.2, -0.15) is 0 Å². The molecule has 2 rings (SSSR count). The van der Waals surface area contributed by atoms with Crippen LogP contribution in [0.3, 0.4) is 0 Å². The van der Waals surface area contributed by atoms with Gasteiger partial charge < -0.3 is 10.0 Å². The first-order valence-electron chi connectivity index (χ1n) is 5.99. The summed E-state index contributed by atoms with van der Waals surface area (Å²) < 4.78 is 13.9. The Kier molecular flexibility index (Phi) is 3.57. The van der Waals surface area contributed by atoms with Crippen LogP contribution in [0.25, 0.3) is 0 Å². The number of nitrogens with zero attached hydrogens (tertiary/aromatic N) is 3. The fraction of sp³-hybridized carbons (Fsp3) is 0.667. The fourth-order valence-electron chi connectivity index (χ4n) is 2.39. The molecule has 0 bridgehead atoms. The van der Waals surface area contributed by atoms with Gasteiger partial charge in [0.15, 0.2) is 11.6 Å². The lowest BCUT2D eigenvalue weighted by atomic mass is 9.91. The number of aliphatic hydroxyl groups is 1. The van der Waals surface area contributed by atoms with E-state index in [9.17, 15) is 9.50 Å². The van der Waals surface area contributed by atoms with Crippen molar-refractivity contribution in [2.75, 3.05) is 11.9 Å². The second-order valence-electron chi connectivity index (χ2n) is 4.63. The van der Waals surface area contributed by atoms with Gasteiger partial charge in [-0.15, -0.1) is 0 Å².